The molecule has 0 aliphatic carbocycles. The number of aryl methyl sites for hydroxylation is 2. The summed E-state index contributed by atoms with van der Waals surface area (Å²) in [4.78, 5) is 12.2. The van der Waals surface area contributed by atoms with E-state index in [9.17, 15) is 0 Å². The van der Waals surface area contributed by atoms with Crippen LogP contribution in [0.3, 0.4) is 0 Å². The fraction of sp³-hybridized carbons (Fsp3) is 0.300. The lowest BCUT2D eigenvalue weighted by molar-refractivity contribution is 0.0852. The SMILES string of the molecule is Cc1cc(C2CC(c3cccc(Cl)c3)=NO2)c(C)cc1/N=C\N(C)C. The number of aliphatic imine (C=N–C) groups is 1. The maximum Gasteiger partial charge on any atom is 0.158 e. The summed E-state index contributed by atoms with van der Waals surface area (Å²) in [5.41, 5.74) is 6.35. The summed E-state index contributed by atoms with van der Waals surface area (Å²) in [5, 5.41) is 4.99. The van der Waals surface area contributed by atoms with E-state index in [1.54, 1.807) is 0 Å². The molecule has 0 aromatic heterocycles. The molecule has 0 radical (unpaired) electrons. The lowest BCUT2D eigenvalue weighted by Crippen LogP contribution is -2.07. The van der Waals surface area contributed by atoms with Crippen molar-refractivity contribution in [3.63, 3.8) is 0 Å². The number of nitrogens with zero attached hydrogens (tertiary/aromatic N) is 3. The summed E-state index contributed by atoms with van der Waals surface area (Å²) in [7, 11) is 3.92. The maximum absolute atomic E-state index is 6.08. The van der Waals surface area contributed by atoms with E-state index in [4.69, 9.17) is 16.4 Å². The first-order valence-electron chi connectivity index (χ1n) is 8.24. The van der Waals surface area contributed by atoms with Gasteiger partial charge in [0.2, 0.25) is 0 Å². The van der Waals surface area contributed by atoms with E-state index in [2.05, 4.69) is 36.1 Å². The third-order valence-corrected chi connectivity index (χ3v) is 4.42. The molecule has 0 fully saturated rings. The van der Waals surface area contributed by atoms with Crippen molar-refractivity contribution < 1.29 is 4.84 Å². The van der Waals surface area contributed by atoms with Gasteiger partial charge in [-0.05, 0) is 54.8 Å². The highest BCUT2D eigenvalue weighted by Crippen LogP contribution is 2.34. The first kappa shape index (κ1) is 17.5. The zero-order chi connectivity index (χ0) is 18.0. The Bertz CT molecular complexity index is 843. The van der Waals surface area contributed by atoms with Crippen LogP contribution in [0.1, 0.15) is 34.8 Å². The van der Waals surface area contributed by atoms with Gasteiger partial charge in [-0.25, -0.2) is 4.99 Å². The van der Waals surface area contributed by atoms with Crippen molar-refractivity contribution in [1.29, 1.82) is 0 Å². The van der Waals surface area contributed by atoms with E-state index in [0.717, 1.165) is 40.1 Å². The molecule has 0 spiro atoms. The van der Waals surface area contributed by atoms with Crippen LogP contribution >= 0.6 is 11.6 Å². The summed E-state index contributed by atoms with van der Waals surface area (Å²) >= 11 is 6.08. The largest absolute Gasteiger partial charge is 0.387 e. The van der Waals surface area contributed by atoms with Gasteiger partial charge in [0, 0.05) is 31.1 Å². The van der Waals surface area contributed by atoms with E-state index in [1.807, 2.05) is 49.6 Å². The molecule has 3 rings (SSSR count). The number of halogens is 1. The Balaban J connectivity index is 1.81. The van der Waals surface area contributed by atoms with E-state index in [1.165, 1.54) is 0 Å². The van der Waals surface area contributed by atoms with Crippen LogP contribution < -0.4 is 0 Å². The topological polar surface area (TPSA) is 37.2 Å². The van der Waals surface area contributed by atoms with Gasteiger partial charge in [-0.15, -0.1) is 0 Å². The average molecular weight is 356 g/mol. The van der Waals surface area contributed by atoms with Gasteiger partial charge in [0.05, 0.1) is 17.7 Å². The number of oxime groups is 1. The summed E-state index contributed by atoms with van der Waals surface area (Å²) in [6.07, 6.45) is 2.48. The number of benzene rings is 2. The van der Waals surface area contributed by atoms with Crippen molar-refractivity contribution in [2.24, 2.45) is 10.1 Å². The third kappa shape index (κ3) is 4.02. The molecular formula is C20H22ClN3O. The summed E-state index contributed by atoms with van der Waals surface area (Å²) in [5.74, 6) is 0. The van der Waals surface area contributed by atoms with Gasteiger partial charge < -0.3 is 9.74 Å². The Kier molecular flexibility index (Phi) is 5.09. The predicted octanol–water partition coefficient (Wildman–Crippen LogP) is 5.04. The Morgan fingerprint density at radius 2 is 2.00 bits per heavy atom. The Labute approximate surface area is 153 Å². The molecule has 1 aliphatic heterocycles. The minimum atomic E-state index is -0.0699. The quantitative estimate of drug-likeness (QED) is 0.568. The van der Waals surface area contributed by atoms with E-state index < -0.39 is 0 Å². The van der Waals surface area contributed by atoms with Crippen LogP contribution in [0.15, 0.2) is 46.5 Å². The summed E-state index contributed by atoms with van der Waals surface area (Å²) in [6.45, 7) is 4.16. The van der Waals surface area contributed by atoms with Crippen molar-refractivity contribution >= 4 is 29.3 Å². The number of hydrogen-bond donors (Lipinski definition) is 0. The van der Waals surface area contributed by atoms with Gasteiger partial charge in [0.1, 0.15) is 0 Å². The third-order valence-electron chi connectivity index (χ3n) is 4.19. The molecule has 0 saturated carbocycles. The molecule has 1 heterocycles. The Morgan fingerprint density at radius 1 is 1.20 bits per heavy atom. The van der Waals surface area contributed by atoms with E-state index in [0.29, 0.717) is 5.02 Å². The van der Waals surface area contributed by atoms with Crippen LogP contribution in [0.2, 0.25) is 5.02 Å². The van der Waals surface area contributed by atoms with Crippen LogP contribution in [-0.4, -0.2) is 31.0 Å². The molecule has 2 aromatic rings. The monoisotopic (exact) mass is 355 g/mol. The lowest BCUT2D eigenvalue weighted by atomic mass is 9.95. The molecule has 130 valence electrons. The van der Waals surface area contributed by atoms with Gasteiger partial charge in [-0.1, -0.05) is 28.9 Å². The van der Waals surface area contributed by atoms with E-state index >= 15 is 0 Å². The van der Waals surface area contributed by atoms with Crippen molar-refractivity contribution in [3.05, 3.63) is 63.7 Å². The molecule has 0 N–H and O–H groups in total. The Hall–Kier alpha value is -2.33. The van der Waals surface area contributed by atoms with Gasteiger partial charge >= 0.3 is 0 Å². The molecule has 4 nitrogen and oxygen atoms in total. The Morgan fingerprint density at radius 3 is 2.72 bits per heavy atom. The van der Waals surface area contributed by atoms with E-state index in [-0.39, 0.29) is 6.10 Å². The van der Waals surface area contributed by atoms with Crippen LogP contribution in [0, 0.1) is 13.8 Å². The summed E-state index contributed by atoms with van der Waals surface area (Å²) in [6, 6.07) is 12.0. The minimum Gasteiger partial charge on any atom is -0.387 e. The van der Waals surface area contributed by atoms with Gasteiger partial charge in [-0.3, -0.25) is 0 Å². The fourth-order valence-electron chi connectivity index (χ4n) is 2.87. The normalized spacial score (nSPS) is 16.8. The zero-order valence-corrected chi connectivity index (χ0v) is 15.7. The molecule has 1 atom stereocenters. The van der Waals surface area contributed by atoms with Crippen molar-refractivity contribution in [3.8, 4) is 0 Å². The molecule has 0 amide bonds. The van der Waals surface area contributed by atoms with Crippen LogP contribution in [0.25, 0.3) is 0 Å². The van der Waals surface area contributed by atoms with Crippen LogP contribution in [-0.2, 0) is 4.84 Å². The van der Waals surface area contributed by atoms with Crippen molar-refractivity contribution in [2.75, 3.05) is 14.1 Å². The van der Waals surface area contributed by atoms with Crippen molar-refractivity contribution in [2.45, 2.75) is 26.4 Å². The van der Waals surface area contributed by atoms with Gasteiger partial charge in [0.25, 0.3) is 0 Å². The number of hydrogen-bond acceptors (Lipinski definition) is 3. The molecule has 0 saturated heterocycles. The van der Waals surface area contributed by atoms with Gasteiger partial charge in [0.15, 0.2) is 6.10 Å². The number of rotatable bonds is 4. The second kappa shape index (κ2) is 7.28. The first-order chi connectivity index (χ1) is 11.9. The zero-order valence-electron chi connectivity index (χ0n) is 15.0. The second-order valence-electron chi connectivity index (χ2n) is 6.55. The molecule has 2 aromatic carbocycles. The first-order valence-corrected chi connectivity index (χ1v) is 8.62. The molecule has 1 unspecified atom stereocenters. The average Bonchev–Trinajstić information content (AvgIpc) is 3.05. The maximum atomic E-state index is 6.08. The van der Waals surface area contributed by atoms with Crippen molar-refractivity contribution in [1.82, 2.24) is 4.90 Å². The molecule has 5 heteroatoms. The summed E-state index contributed by atoms with van der Waals surface area (Å²) < 4.78 is 0. The standard InChI is InChI=1S/C20H22ClN3O/c1-13-9-18(22-12-24(3)4)14(2)8-17(13)20-11-19(23-25-20)15-6-5-7-16(21)10-15/h5-10,12,20H,11H2,1-4H3/b22-12-. The molecule has 25 heavy (non-hydrogen) atoms. The lowest BCUT2D eigenvalue weighted by Gasteiger charge is -2.14. The van der Waals surface area contributed by atoms with Crippen LogP contribution in [0.5, 0.6) is 0 Å². The van der Waals surface area contributed by atoms with Gasteiger partial charge in [-0.2, -0.15) is 0 Å². The highest BCUT2D eigenvalue weighted by atomic mass is 35.5. The minimum absolute atomic E-state index is 0.0699. The molecule has 0 bridgehead atoms. The fourth-order valence-corrected chi connectivity index (χ4v) is 3.06. The predicted molar refractivity (Wildman–Crippen MR) is 104 cm³/mol. The highest BCUT2D eigenvalue weighted by molar-refractivity contribution is 6.31. The smallest absolute Gasteiger partial charge is 0.158 e. The second-order valence-corrected chi connectivity index (χ2v) is 6.99. The molecule has 1 aliphatic rings. The van der Waals surface area contributed by atoms with Crippen LogP contribution in [0.4, 0.5) is 5.69 Å². The highest BCUT2D eigenvalue weighted by Gasteiger charge is 2.25. The molecular weight excluding hydrogens is 334 g/mol.